The summed E-state index contributed by atoms with van der Waals surface area (Å²) in [5.74, 6) is 0.453. The molecule has 0 aliphatic heterocycles. The number of hydrogen-bond acceptors (Lipinski definition) is 3. The summed E-state index contributed by atoms with van der Waals surface area (Å²) in [6.45, 7) is 10.6. The monoisotopic (exact) mass is 220 g/mol. The normalized spacial score (nSPS) is 17.1. The summed E-state index contributed by atoms with van der Waals surface area (Å²) >= 11 is 0. The van der Waals surface area contributed by atoms with Crippen LogP contribution in [0.4, 0.5) is 0 Å². The van der Waals surface area contributed by atoms with Crippen LogP contribution in [0.2, 0.25) is 13.1 Å². The molecule has 0 aliphatic carbocycles. The summed E-state index contributed by atoms with van der Waals surface area (Å²) in [4.78, 5) is 0. The Morgan fingerprint density at radius 3 is 1.79 bits per heavy atom. The Balaban J connectivity index is 4.44. The summed E-state index contributed by atoms with van der Waals surface area (Å²) in [5, 5.41) is 0. The van der Waals surface area contributed by atoms with E-state index in [9.17, 15) is 0 Å². The average molecular weight is 220 g/mol. The van der Waals surface area contributed by atoms with Crippen LogP contribution in [0.3, 0.4) is 0 Å². The Kier molecular flexibility index (Phi) is 5.89. The maximum Gasteiger partial charge on any atom is 0.214 e. The number of rotatable bonds is 6. The van der Waals surface area contributed by atoms with Crippen molar-refractivity contribution in [2.45, 2.75) is 45.9 Å². The van der Waals surface area contributed by atoms with E-state index in [-0.39, 0.29) is 12.0 Å². The minimum absolute atomic E-state index is 0.163. The standard InChI is InChI=1S/C10H24O3Si/c1-8(2)10(13-9(3)11-4)14(6,7)12-5/h8-10H,1-7H3. The van der Waals surface area contributed by atoms with E-state index in [1.54, 1.807) is 14.2 Å². The first-order valence-electron chi connectivity index (χ1n) is 5.08. The van der Waals surface area contributed by atoms with Gasteiger partial charge in [0.1, 0.15) is 0 Å². The first-order chi connectivity index (χ1) is 6.35. The van der Waals surface area contributed by atoms with Crippen molar-refractivity contribution in [1.29, 1.82) is 0 Å². The summed E-state index contributed by atoms with van der Waals surface area (Å²) < 4.78 is 16.5. The van der Waals surface area contributed by atoms with Crippen LogP contribution in [0.1, 0.15) is 20.8 Å². The lowest BCUT2D eigenvalue weighted by Crippen LogP contribution is -2.50. The third-order valence-electron chi connectivity index (χ3n) is 2.49. The Hall–Kier alpha value is 0.0969. The van der Waals surface area contributed by atoms with E-state index < -0.39 is 8.32 Å². The van der Waals surface area contributed by atoms with Crippen LogP contribution >= 0.6 is 0 Å². The Morgan fingerprint density at radius 2 is 1.50 bits per heavy atom. The van der Waals surface area contributed by atoms with Crippen LogP contribution in [0, 0.1) is 5.92 Å². The van der Waals surface area contributed by atoms with E-state index in [0.717, 1.165) is 0 Å². The third kappa shape index (κ3) is 4.08. The molecule has 0 bridgehead atoms. The highest BCUT2D eigenvalue weighted by molar-refractivity contribution is 6.72. The number of hydrogen-bond donors (Lipinski definition) is 0. The second-order valence-corrected chi connectivity index (χ2v) is 8.60. The van der Waals surface area contributed by atoms with Crippen molar-refractivity contribution in [3.63, 3.8) is 0 Å². The van der Waals surface area contributed by atoms with Crippen molar-refractivity contribution < 1.29 is 13.9 Å². The van der Waals surface area contributed by atoms with Gasteiger partial charge in [0.05, 0.1) is 5.73 Å². The van der Waals surface area contributed by atoms with Crippen molar-refractivity contribution in [2.75, 3.05) is 14.2 Å². The first kappa shape index (κ1) is 14.1. The molecule has 3 nitrogen and oxygen atoms in total. The molecule has 0 N–H and O–H groups in total. The van der Waals surface area contributed by atoms with Crippen LogP contribution < -0.4 is 0 Å². The largest absolute Gasteiger partial charge is 0.418 e. The van der Waals surface area contributed by atoms with Crippen LogP contribution in [0.25, 0.3) is 0 Å². The zero-order chi connectivity index (χ0) is 11.4. The van der Waals surface area contributed by atoms with Crippen LogP contribution in [-0.4, -0.2) is 34.6 Å². The van der Waals surface area contributed by atoms with Gasteiger partial charge in [-0.05, 0) is 25.9 Å². The molecule has 0 fully saturated rings. The van der Waals surface area contributed by atoms with E-state index in [2.05, 4.69) is 26.9 Å². The average Bonchev–Trinajstić information content (AvgIpc) is 2.12. The molecule has 86 valence electrons. The summed E-state index contributed by atoms with van der Waals surface area (Å²) in [6.07, 6.45) is -0.163. The predicted octanol–water partition coefficient (Wildman–Crippen LogP) is 2.41. The van der Waals surface area contributed by atoms with Crippen molar-refractivity contribution in [1.82, 2.24) is 0 Å². The molecule has 4 heteroatoms. The summed E-state index contributed by atoms with van der Waals surface area (Å²) in [6, 6.07) is 0. The van der Waals surface area contributed by atoms with Gasteiger partial charge in [0.15, 0.2) is 6.29 Å². The molecule has 2 atom stereocenters. The molecule has 0 aromatic rings. The molecule has 0 amide bonds. The predicted molar refractivity (Wildman–Crippen MR) is 60.7 cm³/mol. The fourth-order valence-corrected chi connectivity index (χ4v) is 3.86. The van der Waals surface area contributed by atoms with Crippen molar-refractivity contribution in [3.05, 3.63) is 0 Å². The van der Waals surface area contributed by atoms with Gasteiger partial charge in [0.25, 0.3) is 0 Å². The van der Waals surface area contributed by atoms with Crippen molar-refractivity contribution >= 4 is 8.32 Å². The molecule has 0 spiro atoms. The van der Waals surface area contributed by atoms with Gasteiger partial charge in [-0.3, -0.25) is 0 Å². The fourth-order valence-electron chi connectivity index (χ4n) is 1.50. The van der Waals surface area contributed by atoms with Gasteiger partial charge in [0.2, 0.25) is 8.32 Å². The topological polar surface area (TPSA) is 27.7 Å². The summed E-state index contributed by atoms with van der Waals surface area (Å²) in [7, 11) is 1.67. The van der Waals surface area contributed by atoms with Crippen molar-refractivity contribution in [3.8, 4) is 0 Å². The molecular formula is C10H24O3Si. The van der Waals surface area contributed by atoms with E-state index >= 15 is 0 Å². The highest BCUT2D eigenvalue weighted by Gasteiger charge is 2.37. The Morgan fingerprint density at radius 1 is 1.00 bits per heavy atom. The third-order valence-corrected chi connectivity index (χ3v) is 5.71. The molecule has 0 saturated carbocycles. The van der Waals surface area contributed by atoms with E-state index in [1.807, 2.05) is 6.92 Å². The zero-order valence-electron chi connectivity index (χ0n) is 10.5. The molecule has 14 heavy (non-hydrogen) atoms. The molecule has 0 aromatic carbocycles. The lowest BCUT2D eigenvalue weighted by molar-refractivity contribution is -0.137. The molecule has 0 heterocycles. The quantitative estimate of drug-likeness (QED) is 0.508. The van der Waals surface area contributed by atoms with Gasteiger partial charge >= 0.3 is 0 Å². The van der Waals surface area contributed by atoms with Gasteiger partial charge < -0.3 is 13.9 Å². The van der Waals surface area contributed by atoms with Gasteiger partial charge in [-0.25, -0.2) is 0 Å². The van der Waals surface area contributed by atoms with Crippen LogP contribution in [0.15, 0.2) is 0 Å². The van der Waals surface area contributed by atoms with Crippen molar-refractivity contribution in [2.24, 2.45) is 5.92 Å². The smallest absolute Gasteiger partial charge is 0.214 e. The summed E-state index contributed by atoms with van der Waals surface area (Å²) in [5.41, 5.74) is 0.169. The van der Waals surface area contributed by atoms with Gasteiger partial charge in [-0.2, -0.15) is 0 Å². The highest BCUT2D eigenvalue weighted by Crippen LogP contribution is 2.21. The lowest BCUT2D eigenvalue weighted by atomic mass is 10.2. The van der Waals surface area contributed by atoms with Gasteiger partial charge in [-0.15, -0.1) is 0 Å². The second-order valence-electron chi connectivity index (χ2n) is 4.41. The molecule has 0 rings (SSSR count). The first-order valence-corrected chi connectivity index (χ1v) is 8.07. The van der Waals surface area contributed by atoms with Gasteiger partial charge in [-0.1, -0.05) is 13.8 Å². The zero-order valence-corrected chi connectivity index (χ0v) is 11.5. The Labute approximate surface area is 88.9 Å². The number of ether oxygens (including phenoxy) is 2. The molecule has 0 saturated heterocycles. The maximum absolute atomic E-state index is 5.83. The highest BCUT2D eigenvalue weighted by atomic mass is 28.4. The molecule has 2 unspecified atom stereocenters. The minimum atomic E-state index is -1.75. The molecular weight excluding hydrogens is 196 g/mol. The number of methoxy groups -OCH3 is 1. The molecule has 0 aromatic heterocycles. The lowest BCUT2D eigenvalue weighted by Gasteiger charge is -2.35. The van der Waals surface area contributed by atoms with E-state index in [4.69, 9.17) is 13.9 Å². The van der Waals surface area contributed by atoms with Crippen LogP contribution in [0.5, 0.6) is 0 Å². The van der Waals surface area contributed by atoms with Crippen LogP contribution in [-0.2, 0) is 13.9 Å². The van der Waals surface area contributed by atoms with Gasteiger partial charge in [0, 0.05) is 14.2 Å². The minimum Gasteiger partial charge on any atom is -0.418 e. The fraction of sp³-hybridized carbons (Fsp3) is 1.00. The van der Waals surface area contributed by atoms with E-state index in [0.29, 0.717) is 5.92 Å². The maximum atomic E-state index is 5.83. The molecule has 0 aliphatic rings. The molecule has 0 radical (unpaired) electrons. The SMILES string of the molecule is COC(C)OC(C(C)C)[Si](C)(C)OC. The second kappa shape index (κ2) is 5.85. The Bertz CT molecular complexity index is 159. The van der Waals surface area contributed by atoms with E-state index in [1.165, 1.54) is 0 Å².